The van der Waals surface area contributed by atoms with Crippen LogP contribution < -0.4 is 95.2 Å². The number of nitrogen functional groups attached to an aromatic ring is 4. The van der Waals surface area contributed by atoms with Crippen molar-refractivity contribution in [1.82, 2.24) is 51.2 Å². The van der Waals surface area contributed by atoms with Gasteiger partial charge < -0.3 is 109 Å². The zero-order chi connectivity index (χ0) is 91.5. The first-order chi connectivity index (χ1) is 63.0. The third-order valence-electron chi connectivity index (χ3n) is 26.5. The van der Waals surface area contributed by atoms with Gasteiger partial charge in [-0.15, -0.1) is 45.3 Å². The van der Waals surface area contributed by atoms with E-state index < -0.39 is 0 Å². The lowest BCUT2D eigenvalue weighted by Crippen LogP contribution is -2.43. The van der Waals surface area contributed by atoms with E-state index >= 15 is 0 Å². The van der Waals surface area contributed by atoms with Crippen LogP contribution in [0.3, 0.4) is 0 Å². The summed E-state index contributed by atoms with van der Waals surface area (Å²) in [6, 6.07) is 34.3. The van der Waals surface area contributed by atoms with Gasteiger partial charge in [0.1, 0.15) is 81.8 Å². The monoisotopic (exact) mass is 1850 g/mol. The van der Waals surface area contributed by atoms with E-state index in [1.54, 1.807) is 7.11 Å². The third kappa shape index (κ3) is 19.0. The maximum Gasteiger partial charge on any atom is 0.263 e. The summed E-state index contributed by atoms with van der Waals surface area (Å²) in [7, 11) is 3.56. The summed E-state index contributed by atoms with van der Waals surface area (Å²) in [6.07, 6.45) is 9.33. The Balaban J connectivity index is 0.000000117. The highest BCUT2D eigenvalue weighted by Gasteiger charge is 2.50. The molecule has 21 rings (SSSR count). The normalized spacial score (nSPS) is 22.9. The molecule has 11 atom stereocenters. The van der Waals surface area contributed by atoms with Gasteiger partial charge in [-0.25, -0.2) is 24.9 Å². The summed E-state index contributed by atoms with van der Waals surface area (Å²) in [5.41, 5.74) is 58.0. The summed E-state index contributed by atoms with van der Waals surface area (Å²) in [4.78, 5) is 93.8. The van der Waals surface area contributed by atoms with Crippen molar-refractivity contribution in [2.75, 3.05) is 129 Å². The Kier molecular flexibility index (Phi) is 26.0. The van der Waals surface area contributed by atoms with E-state index in [1.165, 1.54) is 69.4 Å². The van der Waals surface area contributed by atoms with E-state index in [2.05, 4.69) is 109 Å². The van der Waals surface area contributed by atoms with Crippen LogP contribution in [0, 0.1) is 40.5 Å². The Morgan fingerprint density at radius 2 is 0.947 bits per heavy atom. The summed E-state index contributed by atoms with van der Waals surface area (Å²) in [5, 5.41) is 15.8. The minimum absolute atomic E-state index is 0.00309. The number of rotatable bonds is 16. The molecule has 7 aliphatic heterocycles. The van der Waals surface area contributed by atoms with Gasteiger partial charge in [-0.05, 0) is 195 Å². The second-order valence-electron chi connectivity index (χ2n) is 36.4. The first kappa shape index (κ1) is 90.2. The molecule has 131 heavy (non-hydrogen) atoms. The molecule has 4 amide bonds. The SMILES string of the molecule is CO[C@@]12CCC[C@H]1CN(c1ccc3c(c1)OC[C@H](NC(=O)c1sc4nc(C)ccc4c1N)C3)C2.CO[C@H]1CN(c2ccc3c(n2)CC[C@H](NC(=O)c2sc4nc(C)cc(C)c4c2N)C3)C[C@@H]1N.Cc1ccc2c(N)c(C(=O)N[C@H]3COc4cc(N5CC[C@@H](N)C5)ccc4C3)sc2n1.Cc1ccc2c(N)c(C(=O)N[C@H]3COc4nc(N5C[C@H](OC(C)C)[C@@H](N)C5)ccc4C3)sc2n1. The van der Waals surface area contributed by atoms with Crippen LogP contribution in [0.25, 0.3) is 40.9 Å². The molecule has 12 aromatic rings. The zero-order valence-electron chi connectivity index (χ0n) is 75.2. The molecule has 1 saturated carbocycles. The van der Waals surface area contributed by atoms with Crippen LogP contribution in [0.2, 0.25) is 0 Å². The van der Waals surface area contributed by atoms with Crippen molar-refractivity contribution < 1.29 is 47.6 Å². The van der Waals surface area contributed by atoms with Crippen molar-refractivity contribution in [1.29, 1.82) is 0 Å². The Labute approximate surface area is 776 Å². The molecule has 2 aliphatic carbocycles. The predicted molar refractivity (Wildman–Crippen MR) is 521 cm³/mol. The predicted octanol–water partition coefficient (Wildman–Crippen LogP) is 11.0. The van der Waals surface area contributed by atoms with Crippen molar-refractivity contribution in [2.24, 2.45) is 23.1 Å². The summed E-state index contributed by atoms with van der Waals surface area (Å²) >= 11 is 5.35. The molecule has 35 heteroatoms. The van der Waals surface area contributed by atoms with E-state index in [-0.39, 0.29) is 89.8 Å². The number of anilines is 8. The summed E-state index contributed by atoms with van der Waals surface area (Å²) in [6.45, 7) is 21.7. The van der Waals surface area contributed by atoms with E-state index in [0.717, 1.165) is 205 Å². The number of hydrogen-bond donors (Lipinski definition) is 11. The van der Waals surface area contributed by atoms with Gasteiger partial charge in [0.2, 0.25) is 5.88 Å². The molecule has 17 heterocycles. The number of benzene rings is 2. The minimum atomic E-state index is -0.206. The number of ether oxygens (including phenoxy) is 6. The van der Waals surface area contributed by atoms with Gasteiger partial charge in [0, 0.05) is 170 Å². The lowest BCUT2D eigenvalue weighted by molar-refractivity contribution is -0.0108. The number of methoxy groups -OCH3 is 2. The molecule has 0 spiro atoms. The van der Waals surface area contributed by atoms with Crippen LogP contribution in [0.1, 0.15) is 141 Å². The fraction of sp³-hybridized carbons (Fsp3) is 0.438. The first-order valence-electron chi connectivity index (χ1n) is 45.0. The van der Waals surface area contributed by atoms with Gasteiger partial charge in [0.15, 0.2) is 0 Å². The minimum Gasteiger partial charge on any atom is -0.491 e. The molecule has 31 nitrogen and oxygen atoms in total. The van der Waals surface area contributed by atoms with E-state index in [4.69, 9.17) is 78.5 Å². The second kappa shape index (κ2) is 37.7. The smallest absolute Gasteiger partial charge is 0.263 e. The van der Waals surface area contributed by atoms with E-state index in [9.17, 15) is 19.2 Å². The van der Waals surface area contributed by atoms with Crippen LogP contribution >= 0.6 is 45.3 Å². The number of carbonyl (C=O) groups excluding carboxylic acids is 4. The van der Waals surface area contributed by atoms with Crippen LogP contribution in [0.4, 0.5) is 45.8 Å². The molecular weight excluding hydrogens is 1740 g/mol. The van der Waals surface area contributed by atoms with Crippen molar-refractivity contribution >= 4 is 156 Å². The number of thiophene rings is 4. The summed E-state index contributed by atoms with van der Waals surface area (Å²) < 4.78 is 35.4. The van der Waals surface area contributed by atoms with E-state index in [1.807, 2.05) is 110 Å². The molecule has 0 radical (unpaired) electrons. The standard InChI is InChI=1S/C26H30N4O3S.C24H30N6O3S.C24H30N6O2S.C22H25N5O2S/c1-15-5-8-20-22(27)23(34-25(20)28-15)24(31)29-18-10-16-6-7-19(11-21(16)33-13-18)30-12-17-4-3-9-26(17,14-30)32-2;1-12(2)33-18-10-30(9-17(18)25)19-7-5-14-8-15(11-32-23(14)29-19)28-22(31)21-20(26)16-6-4-13(3)27-24(16)34-21;1-12-8-13(2)27-24-20(12)21(26)22(33-24)23(31)28-15-5-6-17-14(9-15)4-7-19(29-17)30-10-16(25)18(11-30)32-3;1-12-2-5-17-19(24)20(30-22(17)25-12)21(28)26-15-8-13-3-4-16(9-18(13)29-11-15)27-7-6-14(23)10-27/h5-8,11,17-18H,3-4,9-10,12-14,27H2,1-2H3,(H,29,31);4-7,12,15,17-18H,8-11,25-26H2,1-3H3,(H,28,31);4,7-8,15-16,18H,5-6,9-11,25-26H2,1-3H3,(H,28,31);2-5,9,14-15H,6-8,10-11,23-24H2,1H3,(H,26,28)/t17-,18+,26+;15-,17+,18+;15-,16-,18-;14-,15-/m0101/s1. The average molecular weight is 1850 g/mol. The maximum absolute atomic E-state index is 13.1. The molecule has 4 saturated heterocycles. The van der Waals surface area contributed by atoms with Gasteiger partial charge in [-0.3, -0.25) is 19.2 Å². The number of carbonyl (C=O) groups is 4. The Hall–Kier alpha value is -11.4. The van der Waals surface area contributed by atoms with Crippen molar-refractivity contribution in [3.8, 4) is 17.4 Å². The largest absolute Gasteiger partial charge is 0.491 e. The third-order valence-corrected chi connectivity index (χ3v) is 31.0. The number of aromatic nitrogens is 6. The number of nitrogens with one attached hydrogen (secondary N) is 4. The number of amides is 4. The van der Waals surface area contributed by atoms with Crippen LogP contribution in [0.15, 0.2) is 103 Å². The number of aryl methyl sites for hydroxylation is 6. The Morgan fingerprint density at radius 1 is 0.473 bits per heavy atom. The Bertz CT molecular complexity index is 6360. The zero-order valence-corrected chi connectivity index (χ0v) is 78.5. The molecule has 18 N–H and O–H groups in total. The topological polar surface area (TPSA) is 444 Å². The average Bonchev–Trinajstić information content (AvgIpc) is 1.62. The van der Waals surface area contributed by atoms with Gasteiger partial charge >= 0.3 is 0 Å². The van der Waals surface area contributed by atoms with E-state index in [0.29, 0.717) is 93.4 Å². The highest BCUT2D eigenvalue weighted by atomic mass is 32.1. The summed E-state index contributed by atoms with van der Waals surface area (Å²) in [5.74, 6) is 4.11. The number of nitrogens with two attached hydrogens (primary N) is 7. The lowest BCUT2D eigenvalue weighted by Gasteiger charge is -2.29. The van der Waals surface area contributed by atoms with Gasteiger partial charge in [0.05, 0.1) is 76.9 Å². The fourth-order valence-corrected chi connectivity index (χ4v) is 23.9. The first-order valence-corrected chi connectivity index (χ1v) is 48.3. The maximum atomic E-state index is 13.1. The van der Waals surface area contributed by atoms with Crippen molar-refractivity contribution in [2.45, 2.75) is 179 Å². The molecule has 2 aromatic carbocycles. The molecule has 9 aliphatic rings. The van der Waals surface area contributed by atoms with Crippen molar-refractivity contribution in [3.63, 3.8) is 0 Å². The second-order valence-corrected chi connectivity index (χ2v) is 40.4. The van der Waals surface area contributed by atoms with Gasteiger partial charge in [-0.1, -0.05) is 24.6 Å². The number of fused-ring (bicyclic) bond motifs is 9. The lowest BCUT2D eigenvalue weighted by atomic mass is 9.91. The molecular formula is C96H115N21O10S4. The number of hydrogen-bond acceptors (Lipinski definition) is 31. The number of nitrogens with zero attached hydrogens (tertiary/aromatic N) is 10. The van der Waals surface area contributed by atoms with Crippen molar-refractivity contribution in [3.05, 3.63) is 179 Å². The highest BCUT2D eigenvalue weighted by molar-refractivity contribution is 7.22. The molecule has 5 fully saturated rings. The number of pyridine rings is 6. The van der Waals surface area contributed by atoms with Crippen LogP contribution in [-0.2, 0) is 46.3 Å². The molecule has 0 bridgehead atoms. The quantitative estimate of drug-likeness (QED) is 0.0428. The van der Waals surface area contributed by atoms with Crippen LogP contribution in [0.5, 0.6) is 17.4 Å². The highest BCUT2D eigenvalue weighted by Crippen LogP contribution is 2.47. The Morgan fingerprint density at radius 3 is 1.47 bits per heavy atom. The fourth-order valence-electron chi connectivity index (χ4n) is 19.6. The van der Waals surface area contributed by atoms with Gasteiger partial charge in [-0.2, -0.15) is 4.98 Å². The molecule has 688 valence electrons. The van der Waals surface area contributed by atoms with Crippen LogP contribution in [-0.4, -0.2) is 206 Å². The molecule has 0 unspecified atom stereocenters. The molecule has 10 aromatic heterocycles. The van der Waals surface area contributed by atoms with Gasteiger partial charge in [0.25, 0.3) is 23.6 Å².